The Morgan fingerprint density at radius 3 is 2.65 bits per heavy atom. The average molecular weight is 314 g/mol. The fourth-order valence-electron chi connectivity index (χ4n) is 4.15. The Kier molecular flexibility index (Phi) is 4.09. The number of allylic oxidation sites excluding steroid dienone is 1. The summed E-state index contributed by atoms with van der Waals surface area (Å²) in [5.74, 6) is 0.646. The number of rotatable bonds is 4. The van der Waals surface area contributed by atoms with Crippen molar-refractivity contribution < 1.29 is 14.3 Å². The molecule has 3 rings (SSSR count). The lowest BCUT2D eigenvalue weighted by Gasteiger charge is -2.42. The minimum atomic E-state index is -0.250. The zero-order valence-corrected chi connectivity index (χ0v) is 14.3. The molecule has 124 valence electrons. The van der Waals surface area contributed by atoms with E-state index in [1.807, 2.05) is 18.2 Å². The zero-order valence-electron chi connectivity index (χ0n) is 14.3. The van der Waals surface area contributed by atoms with Crippen molar-refractivity contribution in [2.45, 2.75) is 39.2 Å². The molecule has 0 radical (unpaired) electrons. The lowest BCUT2D eigenvalue weighted by molar-refractivity contribution is -0.136. The molecule has 2 bridgehead atoms. The van der Waals surface area contributed by atoms with Crippen LogP contribution in [0.4, 0.5) is 0 Å². The van der Waals surface area contributed by atoms with Crippen LogP contribution >= 0.6 is 0 Å². The number of carbonyl (C=O) groups is 1. The van der Waals surface area contributed by atoms with Gasteiger partial charge in [0.25, 0.3) is 0 Å². The standard InChI is InChI=1S/C20H26O3/c1-14(2)16-10-20(11-17(16)19(3,4)23-13-20)12-22-18(21)15-8-6-5-7-9-15/h5-9,16-17H,1,10-13H2,2-4H3/t16-,17+,20+/m0/s1. The summed E-state index contributed by atoms with van der Waals surface area (Å²) in [6.07, 6.45) is 2.04. The van der Waals surface area contributed by atoms with Gasteiger partial charge in [0.1, 0.15) is 0 Å². The molecule has 1 saturated heterocycles. The summed E-state index contributed by atoms with van der Waals surface area (Å²) in [6.45, 7) is 11.7. The summed E-state index contributed by atoms with van der Waals surface area (Å²) in [6, 6.07) is 9.17. The van der Waals surface area contributed by atoms with Crippen molar-refractivity contribution in [2.75, 3.05) is 13.2 Å². The van der Waals surface area contributed by atoms with Crippen LogP contribution in [0.1, 0.15) is 44.0 Å². The molecular formula is C20H26O3. The summed E-state index contributed by atoms with van der Waals surface area (Å²) >= 11 is 0. The van der Waals surface area contributed by atoms with Crippen molar-refractivity contribution in [3.8, 4) is 0 Å². The van der Waals surface area contributed by atoms with Crippen molar-refractivity contribution in [3.63, 3.8) is 0 Å². The minimum Gasteiger partial charge on any atom is -0.461 e. The Balaban J connectivity index is 1.71. The van der Waals surface area contributed by atoms with Crippen LogP contribution in [0.5, 0.6) is 0 Å². The Bertz CT molecular complexity index is 605. The molecule has 1 aliphatic carbocycles. The molecule has 3 atom stereocenters. The Morgan fingerprint density at radius 2 is 2.00 bits per heavy atom. The van der Waals surface area contributed by atoms with Gasteiger partial charge < -0.3 is 9.47 Å². The van der Waals surface area contributed by atoms with Crippen molar-refractivity contribution in [1.29, 1.82) is 0 Å². The Morgan fingerprint density at radius 1 is 1.30 bits per heavy atom. The normalized spacial score (nSPS) is 31.6. The highest BCUT2D eigenvalue weighted by molar-refractivity contribution is 5.89. The van der Waals surface area contributed by atoms with E-state index >= 15 is 0 Å². The van der Waals surface area contributed by atoms with Crippen LogP contribution in [0.25, 0.3) is 0 Å². The first-order valence-electron chi connectivity index (χ1n) is 8.35. The van der Waals surface area contributed by atoms with Gasteiger partial charge in [-0.1, -0.05) is 30.4 Å². The number of ether oxygens (including phenoxy) is 2. The molecule has 2 fully saturated rings. The van der Waals surface area contributed by atoms with Gasteiger partial charge in [-0.3, -0.25) is 0 Å². The van der Waals surface area contributed by atoms with Gasteiger partial charge in [-0.05, 0) is 57.6 Å². The summed E-state index contributed by atoms with van der Waals surface area (Å²) < 4.78 is 11.8. The SMILES string of the molecule is C=C(C)[C@@H]1C[C@@]2(COC(=O)c3ccccc3)COC(C)(C)[C@@H]1C2. The monoisotopic (exact) mass is 314 g/mol. The molecule has 1 aromatic carbocycles. The predicted octanol–water partition coefficient (Wildman–Crippen LogP) is 4.24. The molecule has 0 aromatic heterocycles. The first-order valence-corrected chi connectivity index (χ1v) is 8.35. The molecule has 0 amide bonds. The molecule has 1 saturated carbocycles. The van der Waals surface area contributed by atoms with E-state index in [-0.39, 0.29) is 17.0 Å². The molecule has 0 unspecified atom stereocenters. The van der Waals surface area contributed by atoms with Crippen LogP contribution in [0.2, 0.25) is 0 Å². The number of benzene rings is 1. The van der Waals surface area contributed by atoms with Crippen LogP contribution in [0.3, 0.4) is 0 Å². The Labute approximate surface area is 138 Å². The quantitative estimate of drug-likeness (QED) is 0.616. The smallest absolute Gasteiger partial charge is 0.338 e. The van der Waals surface area contributed by atoms with E-state index in [2.05, 4.69) is 27.4 Å². The highest BCUT2D eigenvalue weighted by Gasteiger charge is 2.56. The number of fused-ring (bicyclic) bond motifs is 2. The molecule has 3 nitrogen and oxygen atoms in total. The van der Waals surface area contributed by atoms with E-state index in [1.54, 1.807) is 12.1 Å². The van der Waals surface area contributed by atoms with Crippen molar-refractivity contribution >= 4 is 5.97 Å². The molecule has 0 N–H and O–H groups in total. The van der Waals surface area contributed by atoms with Gasteiger partial charge in [-0.25, -0.2) is 4.79 Å². The van der Waals surface area contributed by atoms with E-state index in [0.717, 1.165) is 12.8 Å². The zero-order chi connectivity index (χ0) is 16.7. The highest BCUT2D eigenvalue weighted by Crippen LogP contribution is 2.56. The third-order valence-electron chi connectivity index (χ3n) is 5.59. The van der Waals surface area contributed by atoms with E-state index < -0.39 is 0 Å². The van der Waals surface area contributed by atoms with Crippen LogP contribution in [-0.2, 0) is 9.47 Å². The number of esters is 1. The molecule has 1 aliphatic heterocycles. The summed E-state index contributed by atoms with van der Waals surface area (Å²) in [5.41, 5.74) is 1.62. The Hall–Kier alpha value is -1.61. The molecule has 3 heteroatoms. The predicted molar refractivity (Wildman–Crippen MR) is 90.2 cm³/mol. The van der Waals surface area contributed by atoms with Gasteiger partial charge in [-0.2, -0.15) is 0 Å². The maximum atomic E-state index is 12.2. The second-order valence-electron chi connectivity index (χ2n) is 7.80. The molecule has 1 aromatic rings. The second-order valence-corrected chi connectivity index (χ2v) is 7.80. The number of carbonyl (C=O) groups excluding carboxylic acids is 1. The van der Waals surface area contributed by atoms with Crippen LogP contribution in [0.15, 0.2) is 42.5 Å². The van der Waals surface area contributed by atoms with Gasteiger partial charge in [0.05, 0.1) is 24.4 Å². The highest BCUT2D eigenvalue weighted by atomic mass is 16.5. The van der Waals surface area contributed by atoms with Gasteiger partial charge in [0, 0.05) is 5.41 Å². The number of hydrogen-bond donors (Lipinski definition) is 0. The van der Waals surface area contributed by atoms with Crippen LogP contribution < -0.4 is 0 Å². The lowest BCUT2D eigenvalue weighted by Crippen LogP contribution is -2.45. The average Bonchev–Trinajstić information content (AvgIpc) is 2.89. The maximum Gasteiger partial charge on any atom is 0.338 e. The molecule has 2 aliphatic rings. The summed E-state index contributed by atoms with van der Waals surface area (Å²) in [7, 11) is 0. The van der Waals surface area contributed by atoms with E-state index in [9.17, 15) is 4.79 Å². The van der Waals surface area contributed by atoms with Gasteiger partial charge >= 0.3 is 5.97 Å². The van der Waals surface area contributed by atoms with Crippen LogP contribution in [0, 0.1) is 17.3 Å². The first-order chi connectivity index (χ1) is 10.8. The topological polar surface area (TPSA) is 35.5 Å². The first kappa shape index (κ1) is 16.3. The van der Waals surface area contributed by atoms with E-state index in [4.69, 9.17) is 9.47 Å². The summed E-state index contributed by atoms with van der Waals surface area (Å²) in [5, 5.41) is 0. The maximum absolute atomic E-state index is 12.2. The van der Waals surface area contributed by atoms with E-state index in [1.165, 1.54) is 5.57 Å². The minimum absolute atomic E-state index is 0.0613. The van der Waals surface area contributed by atoms with Crippen molar-refractivity contribution in [1.82, 2.24) is 0 Å². The largest absolute Gasteiger partial charge is 0.461 e. The fraction of sp³-hybridized carbons (Fsp3) is 0.550. The third-order valence-corrected chi connectivity index (χ3v) is 5.59. The third kappa shape index (κ3) is 3.07. The number of hydrogen-bond acceptors (Lipinski definition) is 3. The van der Waals surface area contributed by atoms with Crippen molar-refractivity contribution in [2.24, 2.45) is 17.3 Å². The van der Waals surface area contributed by atoms with Crippen molar-refractivity contribution in [3.05, 3.63) is 48.0 Å². The fourth-order valence-corrected chi connectivity index (χ4v) is 4.15. The van der Waals surface area contributed by atoms with Gasteiger partial charge in [0.2, 0.25) is 0 Å². The van der Waals surface area contributed by atoms with Crippen LogP contribution in [-0.4, -0.2) is 24.8 Å². The molecule has 23 heavy (non-hydrogen) atoms. The molecule has 0 spiro atoms. The van der Waals surface area contributed by atoms with Gasteiger partial charge in [0.15, 0.2) is 0 Å². The molecule has 1 heterocycles. The summed E-state index contributed by atoms with van der Waals surface area (Å²) in [4.78, 5) is 12.2. The lowest BCUT2D eigenvalue weighted by atomic mass is 9.77. The van der Waals surface area contributed by atoms with Gasteiger partial charge in [-0.15, -0.1) is 0 Å². The molecular weight excluding hydrogens is 288 g/mol. The second kappa shape index (κ2) is 5.79. The van der Waals surface area contributed by atoms with E-state index in [0.29, 0.717) is 30.6 Å².